The molecule has 2 amide bonds. The van der Waals surface area contributed by atoms with Gasteiger partial charge >= 0.3 is 12.0 Å². The van der Waals surface area contributed by atoms with Gasteiger partial charge in [-0.3, -0.25) is 9.78 Å². The van der Waals surface area contributed by atoms with Crippen LogP contribution in [0.15, 0.2) is 36.7 Å². The van der Waals surface area contributed by atoms with Crippen LogP contribution in [0.4, 0.5) is 10.5 Å². The molecule has 6 nitrogen and oxygen atoms in total. The van der Waals surface area contributed by atoms with Crippen molar-refractivity contribution in [2.45, 2.75) is 13.3 Å². The lowest BCUT2D eigenvalue weighted by Gasteiger charge is -2.21. The SMILES string of the molecule is CCCN(CC(=O)O)C(=O)Nc1cccc2cnccc12. The number of rotatable bonds is 5. The first kappa shape index (κ1) is 14.8. The first-order chi connectivity index (χ1) is 10.1. The first-order valence-corrected chi connectivity index (χ1v) is 6.72. The van der Waals surface area contributed by atoms with Gasteiger partial charge < -0.3 is 15.3 Å². The molecule has 1 aromatic heterocycles. The van der Waals surface area contributed by atoms with Crippen LogP contribution in [0.1, 0.15) is 13.3 Å². The van der Waals surface area contributed by atoms with Crippen molar-refractivity contribution in [2.75, 3.05) is 18.4 Å². The van der Waals surface area contributed by atoms with E-state index >= 15 is 0 Å². The summed E-state index contributed by atoms with van der Waals surface area (Å²) >= 11 is 0. The van der Waals surface area contributed by atoms with Crippen LogP contribution in [0.2, 0.25) is 0 Å². The molecule has 0 aliphatic carbocycles. The Morgan fingerprint density at radius 3 is 2.86 bits per heavy atom. The van der Waals surface area contributed by atoms with Crippen LogP contribution in [-0.4, -0.2) is 40.1 Å². The van der Waals surface area contributed by atoms with Crippen molar-refractivity contribution in [2.24, 2.45) is 0 Å². The van der Waals surface area contributed by atoms with E-state index in [-0.39, 0.29) is 6.54 Å². The Morgan fingerprint density at radius 1 is 1.33 bits per heavy atom. The molecule has 2 aromatic rings. The van der Waals surface area contributed by atoms with Gasteiger partial charge in [-0.2, -0.15) is 0 Å². The van der Waals surface area contributed by atoms with E-state index in [0.29, 0.717) is 18.7 Å². The fourth-order valence-corrected chi connectivity index (χ4v) is 2.11. The third kappa shape index (κ3) is 3.68. The Bertz CT molecular complexity index is 652. The van der Waals surface area contributed by atoms with E-state index in [2.05, 4.69) is 10.3 Å². The number of carbonyl (C=O) groups excluding carboxylic acids is 1. The number of aliphatic carboxylic acids is 1. The number of aromatic nitrogens is 1. The maximum atomic E-state index is 12.2. The number of carboxylic acid groups (broad SMARTS) is 1. The Labute approximate surface area is 122 Å². The number of carbonyl (C=O) groups is 2. The maximum absolute atomic E-state index is 12.2. The summed E-state index contributed by atoms with van der Waals surface area (Å²) in [7, 11) is 0. The largest absolute Gasteiger partial charge is 0.480 e. The second kappa shape index (κ2) is 6.69. The van der Waals surface area contributed by atoms with E-state index in [9.17, 15) is 9.59 Å². The molecule has 0 unspecified atom stereocenters. The quantitative estimate of drug-likeness (QED) is 0.885. The topological polar surface area (TPSA) is 82.5 Å². The Hall–Kier alpha value is -2.63. The highest BCUT2D eigenvalue weighted by Gasteiger charge is 2.16. The van der Waals surface area contributed by atoms with Gasteiger partial charge in [-0.1, -0.05) is 19.1 Å². The number of urea groups is 1. The molecule has 0 radical (unpaired) electrons. The molecule has 2 N–H and O–H groups in total. The van der Waals surface area contributed by atoms with Crippen LogP contribution in [-0.2, 0) is 4.79 Å². The number of nitrogens with zero attached hydrogens (tertiary/aromatic N) is 2. The van der Waals surface area contributed by atoms with Gasteiger partial charge in [0.05, 0.1) is 5.69 Å². The minimum atomic E-state index is -1.03. The van der Waals surface area contributed by atoms with Crippen LogP contribution >= 0.6 is 0 Å². The van der Waals surface area contributed by atoms with E-state index in [4.69, 9.17) is 5.11 Å². The number of carboxylic acids is 1. The number of fused-ring (bicyclic) bond motifs is 1. The third-order valence-electron chi connectivity index (χ3n) is 3.03. The Morgan fingerprint density at radius 2 is 2.14 bits per heavy atom. The van der Waals surface area contributed by atoms with E-state index in [0.717, 1.165) is 10.8 Å². The van der Waals surface area contributed by atoms with Gasteiger partial charge in [0.1, 0.15) is 6.54 Å². The van der Waals surface area contributed by atoms with E-state index in [1.165, 1.54) is 4.90 Å². The Balaban J connectivity index is 2.21. The summed E-state index contributed by atoms with van der Waals surface area (Å²) in [4.78, 5) is 28.4. The molecule has 0 saturated carbocycles. The van der Waals surface area contributed by atoms with Gasteiger partial charge in [0.25, 0.3) is 0 Å². The average molecular weight is 287 g/mol. The number of hydrogen-bond acceptors (Lipinski definition) is 3. The monoisotopic (exact) mass is 287 g/mol. The van der Waals surface area contributed by atoms with Crippen LogP contribution in [0.25, 0.3) is 10.8 Å². The summed E-state index contributed by atoms with van der Waals surface area (Å²) in [6.07, 6.45) is 4.06. The molecule has 0 fully saturated rings. The molecule has 0 atom stereocenters. The van der Waals surface area contributed by atoms with Gasteiger partial charge in [0.15, 0.2) is 0 Å². The average Bonchev–Trinajstić information content (AvgIpc) is 2.47. The number of anilines is 1. The van der Waals surface area contributed by atoms with Crippen LogP contribution in [0.5, 0.6) is 0 Å². The van der Waals surface area contributed by atoms with Crippen molar-refractivity contribution >= 4 is 28.5 Å². The predicted octanol–water partition coefficient (Wildman–Crippen LogP) is 2.56. The van der Waals surface area contributed by atoms with Crippen molar-refractivity contribution < 1.29 is 14.7 Å². The number of pyridine rings is 1. The summed E-state index contributed by atoms with van der Waals surface area (Å²) in [5.41, 5.74) is 0.645. The van der Waals surface area contributed by atoms with Crippen molar-refractivity contribution in [3.05, 3.63) is 36.7 Å². The van der Waals surface area contributed by atoms with Crippen LogP contribution in [0.3, 0.4) is 0 Å². The number of amides is 2. The highest BCUT2D eigenvalue weighted by Crippen LogP contribution is 2.22. The minimum absolute atomic E-state index is 0.313. The Kier molecular flexibility index (Phi) is 4.71. The summed E-state index contributed by atoms with van der Waals surface area (Å²) in [5.74, 6) is -1.03. The molecule has 2 rings (SSSR count). The number of hydrogen-bond donors (Lipinski definition) is 2. The fraction of sp³-hybridized carbons (Fsp3) is 0.267. The molecule has 21 heavy (non-hydrogen) atoms. The molecule has 1 heterocycles. The summed E-state index contributed by atoms with van der Waals surface area (Å²) in [5, 5.41) is 13.4. The second-order valence-corrected chi connectivity index (χ2v) is 4.65. The summed E-state index contributed by atoms with van der Waals surface area (Å²) in [6, 6.07) is 6.90. The minimum Gasteiger partial charge on any atom is -0.480 e. The highest BCUT2D eigenvalue weighted by atomic mass is 16.4. The lowest BCUT2D eigenvalue weighted by molar-refractivity contribution is -0.137. The zero-order chi connectivity index (χ0) is 15.2. The van der Waals surface area contributed by atoms with Crippen molar-refractivity contribution in [1.82, 2.24) is 9.88 Å². The van der Waals surface area contributed by atoms with Gasteiger partial charge in [0, 0.05) is 29.7 Å². The van der Waals surface area contributed by atoms with E-state index in [1.807, 2.05) is 25.1 Å². The van der Waals surface area contributed by atoms with E-state index < -0.39 is 12.0 Å². The lowest BCUT2D eigenvalue weighted by atomic mass is 10.1. The number of nitrogens with one attached hydrogen (secondary N) is 1. The van der Waals surface area contributed by atoms with Gasteiger partial charge in [-0.15, -0.1) is 0 Å². The maximum Gasteiger partial charge on any atom is 0.323 e. The zero-order valence-electron chi connectivity index (χ0n) is 11.7. The normalized spacial score (nSPS) is 10.3. The molecule has 0 saturated heterocycles. The molecule has 0 aliphatic heterocycles. The molecule has 0 spiro atoms. The number of benzene rings is 1. The van der Waals surface area contributed by atoms with Crippen LogP contribution < -0.4 is 5.32 Å². The van der Waals surface area contributed by atoms with Crippen molar-refractivity contribution in [3.63, 3.8) is 0 Å². The van der Waals surface area contributed by atoms with E-state index in [1.54, 1.807) is 18.5 Å². The fourth-order valence-electron chi connectivity index (χ4n) is 2.11. The molecule has 110 valence electrons. The smallest absolute Gasteiger partial charge is 0.323 e. The predicted molar refractivity (Wildman–Crippen MR) is 80.3 cm³/mol. The summed E-state index contributed by atoms with van der Waals surface area (Å²) < 4.78 is 0. The molecule has 1 aromatic carbocycles. The molecule has 0 bridgehead atoms. The van der Waals surface area contributed by atoms with Crippen molar-refractivity contribution in [3.8, 4) is 0 Å². The molecular formula is C15H17N3O3. The second-order valence-electron chi connectivity index (χ2n) is 4.65. The summed E-state index contributed by atoms with van der Waals surface area (Å²) in [6.45, 7) is 1.97. The van der Waals surface area contributed by atoms with Crippen LogP contribution in [0, 0.1) is 0 Å². The third-order valence-corrected chi connectivity index (χ3v) is 3.03. The zero-order valence-corrected chi connectivity index (χ0v) is 11.7. The standard InChI is InChI=1S/C15H17N3O3/c1-2-8-18(10-14(19)20)15(21)17-13-5-3-4-11-9-16-7-6-12(11)13/h3-7,9H,2,8,10H2,1H3,(H,17,21)(H,19,20). The van der Waals surface area contributed by atoms with Crippen molar-refractivity contribution in [1.29, 1.82) is 0 Å². The molecule has 0 aliphatic rings. The van der Waals surface area contributed by atoms with Gasteiger partial charge in [0.2, 0.25) is 0 Å². The lowest BCUT2D eigenvalue weighted by Crippen LogP contribution is -2.39. The highest BCUT2D eigenvalue weighted by molar-refractivity contribution is 6.01. The van der Waals surface area contributed by atoms with Gasteiger partial charge in [-0.05, 0) is 18.6 Å². The molecule has 6 heteroatoms. The first-order valence-electron chi connectivity index (χ1n) is 6.72. The molecular weight excluding hydrogens is 270 g/mol. The van der Waals surface area contributed by atoms with Gasteiger partial charge in [-0.25, -0.2) is 4.79 Å².